The Labute approximate surface area is 108 Å². The molecule has 5 atom stereocenters. The molecule has 1 aliphatic heterocycles. The van der Waals surface area contributed by atoms with E-state index in [0.29, 0.717) is 6.00 Å². The van der Waals surface area contributed by atoms with Crippen LogP contribution in [0.2, 0.25) is 6.82 Å². The van der Waals surface area contributed by atoms with Crippen LogP contribution in [-0.2, 0) is 4.74 Å². The van der Waals surface area contributed by atoms with Gasteiger partial charge in [-0.25, -0.2) is 0 Å². The molecule has 1 saturated heterocycles. The van der Waals surface area contributed by atoms with Gasteiger partial charge in [0.05, 0.1) is 5.60 Å². The van der Waals surface area contributed by atoms with E-state index >= 15 is 0 Å². The molecular weight excluding hydrogens is 207 g/mol. The van der Waals surface area contributed by atoms with Gasteiger partial charge in [-0.1, -0.05) is 41.4 Å². The van der Waals surface area contributed by atoms with Crippen LogP contribution in [0.1, 0.15) is 47.5 Å². The Morgan fingerprint density at radius 1 is 1.29 bits per heavy atom. The van der Waals surface area contributed by atoms with E-state index in [2.05, 4.69) is 41.4 Å². The van der Waals surface area contributed by atoms with Gasteiger partial charge < -0.3 is 4.74 Å². The fourth-order valence-electron chi connectivity index (χ4n) is 4.99. The van der Waals surface area contributed by atoms with Crippen LogP contribution in [0.25, 0.3) is 0 Å². The Balaban J connectivity index is 2.29. The van der Waals surface area contributed by atoms with Gasteiger partial charge in [0.15, 0.2) is 7.28 Å². The number of rotatable bonds is 4. The van der Waals surface area contributed by atoms with Crippen molar-refractivity contribution in [2.75, 3.05) is 0 Å². The van der Waals surface area contributed by atoms with E-state index < -0.39 is 0 Å². The maximum Gasteiger partial charge on any atom is 0.154 e. The first-order chi connectivity index (χ1) is 7.91. The maximum absolute atomic E-state index is 6.55. The van der Waals surface area contributed by atoms with E-state index in [9.17, 15) is 0 Å². The van der Waals surface area contributed by atoms with E-state index in [4.69, 9.17) is 4.74 Å². The molecule has 0 aromatic heterocycles. The van der Waals surface area contributed by atoms with Crippen molar-refractivity contribution >= 4 is 7.28 Å². The fraction of sp³-hybridized carbons (Fsp3) is 1.00. The van der Waals surface area contributed by atoms with Crippen LogP contribution >= 0.6 is 0 Å². The normalized spacial score (nSPS) is 44.9. The molecule has 0 amide bonds. The lowest BCUT2D eigenvalue weighted by molar-refractivity contribution is -0.0773. The third-order valence-corrected chi connectivity index (χ3v) is 5.04. The number of hydrogen-bond donors (Lipinski definition) is 0. The smallest absolute Gasteiger partial charge is 0.154 e. The molecular formula is C15H29BO. The Morgan fingerprint density at radius 2 is 1.94 bits per heavy atom. The summed E-state index contributed by atoms with van der Waals surface area (Å²) in [6, 6.07) is 0.532. The second-order valence-electron chi connectivity index (χ2n) is 7.26. The molecule has 0 aromatic rings. The zero-order valence-corrected chi connectivity index (χ0v) is 12.5. The molecule has 2 rings (SSSR count). The molecule has 0 radical (unpaired) electrons. The molecule has 0 spiro atoms. The summed E-state index contributed by atoms with van der Waals surface area (Å²) in [5, 5.41) is 0. The topological polar surface area (TPSA) is 9.23 Å². The van der Waals surface area contributed by atoms with Crippen LogP contribution in [0.15, 0.2) is 0 Å². The van der Waals surface area contributed by atoms with E-state index in [1.807, 2.05) is 0 Å². The van der Waals surface area contributed by atoms with Crippen LogP contribution < -0.4 is 0 Å². The molecule has 1 heterocycles. The van der Waals surface area contributed by atoms with Crippen molar-refractivity contribution in [3.05, 3.63) is 0 Å². The average molecular weight is 236 g/mol. The lowest BCUT2D eigenvalue weighted by Crippen LogP contribution is -2.39. The highest BCUT2D eigenvalue weighted by Crippen LogP contribution is 2.59. The molecule has 2 aliphatic rings. The minimum atomic E-state index is 0.215. The summed E-state index contributed by atoms with van der Waals surface area (Å²) in [6.45, 7) is 14.2. The predicted octanol–water partition coefficient (Wildman–Crippen LogP) is 3.54. The van der Waals surface area contributed by atoms with Gasteiger partial charge in [-0.2, -0.15) is 0 Å². The Bertz CT molecular complexity index is 276. The Morgan fingerprint density at radius 3 is 2.41 bits per heavy atom. The van der Waals surface area contributed by atoms with Crippen molar-refractivity contribution < 1.29 is 4.74 Å². The summed E-state index contributed by atoms with van der Waals surface area (Å²) >= 11 is 0. The number of ether oxygens (including phenoxy) is 1. The first kappa shape index (κ1) is 13.5. The number of fused-ring (bicyclic) bond motifs is 2. The standard InChI is InChI=1S/C15H29BO/c1-9(2)7-15-8-11(5)12(13(15)10(3)4)14(16-6)17-15/h9-14,16H,7-8H2,1-6H3. The molecule has 2 fully saturated rings. The van der Waals surface area contributed by atoms with Crippen molar-refractivity contribution in [2.45, 2.75) is 65.9 Å². The second kappa shape index (κ2) is 4.61. The SMILES string of the molecule is CBC1OC2(CC(C)C)CC(C)C1C2C(C)C. The van der Waals surface area contributed by atoms with Crippen LogP contribution in [-0.4, -0.2) is 18.9 Å². The van der Waals surface area contributed by atoms with Crippen LogP contribution in [0, 0.1) is 29.6 Å². The molecule has 2 heteroatoms. The van der Waals surface area contributed by atoms with Crippen molar-refractivity contribution in [3.8, 4) is 0 Å². The van der Waals surface area contributed by atoms with Crippen LogP contribution in [0.4, 0.5) is 0 Å². The molecule has 98 valence electrons. The van der Waals surface area contributed by atoms with Crippen LogP contribution in [0.5, 0.6) is 0 Å². The first-order valence-electron chi connectivity index (χ1n) is 7.59. The molecule has 0 N–H and O–H groups in total. The summed E-state index contributed by atoms with van der Waals surface area (Å²) < 4.78 is 6.55. The molecule has 1 aliphatic carbocycles. The van der Waals surface area contributed by atoms with Gasteiger partial charge in [-0.05, 0) is 42.4 Å². The zero-order valence-electron chi connectivity index (χ0n) is 12.5. The summed E-state index contributed by atoms with van der Waals surface area (Å²) in [4.78, 5) is 0. The second-order valence-corrected chi connectivity index (χ2v) is 7.26. The Hall–Kier alpha value is 0.0249. The molecule has 1 nitrogen and oxygen atoms in total. The lowest BCUT2D eigenvalue weighted by atomic mass is 9.64. The van der Waals surface area contributed by atoms with Crippen molar-refractivity contribution in [3.63, 3.8) is 0 Å². The maximum atomic E-state index is 6.55. The minimum Gasteiger partial charge on any atom is -0.380 e. The third kappa shape index (κ3) is 2.07. The summed E-state index contributed by atoms with van der Waals surface area (Å²) in [7, 11) is 1.19. The molecule has 1 saturated carbocycles. The summed E-state index contributed by atoms with van der Waals surface area (Å²) in [5.41, 5.74) is 0.215. The van der Waals surface area contributed by atoms with Crippen LogP contribution in [0.3, 0.4) is 0 Å². The lowest BCUT2D eigenvalue weighted by Gasteiger charge is -2.37. The van der Waals surface area contributed by atoms with Gasteiger partial charge in [0.25, 0.3) is 0 Å². The average Bonchev–Trinajstić information content (AvgIpc) is 2.64. The molecule has 0 aromatic carbocycles. The van der Waals surface area contributed by atoms with Gasteiger partial charge in [-0.3, -0.25) is 0 Å². The van der Waals surface area contributed by atoms with E-state index in [-0.39, 0.29) is 5.60 Å². The highest BCUT2D eigenvalue weighted by atomic mass is 16.5. The Kier molecular flexibility index (Phi) is 3.65. The number of hydrogen-bond acceptors (Lipinski definition) is 1. The van der Waals surface area contributed by atoms with Crippen molar-refractivity contribution in [1.82, 2.24) is 0 Å². The molecule has 5 unspecified atom stereocenters. The van der Waals surface area contributed by atoms with Crippen molar-refractivity contribution in [2.24, 2.45) is 29.6 Å². The fourth-order valence-corrected chi connectivity index (χ4v) is 4.99. The molecule has 2 bridgehead atoms. The highest BCUT2D eigenvalue weighted by molar-refractivity contribution is 6.35. The minimum absolute atomic E-state index is 0.215. The summed E-state index contributed by atoms with van der Waals surface area (Å²) in [6.07, 6.45) is 2.56. The van der Waals surface area contributed by atoms with E-state index in [1.165, 1.54) is 20.1 Å². The summed E-state index contributed by atoms with van der Waals surface area (Å²) in [5.74, 6) is 3.99. The first-order valence-corrected chi connectivity index (χ1v) is 7.59. The van der Waals surface area contributed by atoms with E-state index in [1.54, 1.807) is 0 Å². The molecule has 17 heavy (non-hydrogen) atoms. The van der Waals surface area contributed by atoms with Gasteiger partial charge in [-0.15, -0.1) is 0 Å². The monoisotopic (exact) mass is 236 g/mol. The van der Waals surface area contributed by atoms with Gasteiger partial charge >= 0.3 is 0 Å². The van der Waals surface area contributed by atoms with Gasteiger partial charge in [0.2, 0.25) is 0 Å². The van der Waals surface area contributed by atoms with Gasteiger partial charge in [0.1, 0.15) is 0 Å². The third-order valence-electron chi connectivity index (χ3n) is 5.04. The van der Waals surface area contributed by atoms with Gasteiger partial charge in [0, 0.05) is 6.00 Å². The zero-order chi connectivity index (χ0) is 12.8. The van der Waals surface area contributed by atoms with Crippen molar-refractivity contribution in [1.29, 1.82) is 0 Å². The highest BCUT2D eigenvalue weighted by Gasteiger charge is 2.62. The largest absolute Gasteiger partial charge is 0.380 e. The predicted molar refractivity (Wildman–Crippen MR) is 75.7 cm³/mol. The van der Waals surface area contributed by atoms with E-state index in [0.717, 1.165) is 29.6 Å². The quantitative estimate of drug-likeness (QED) is 0.678.